The lowest BCUT2D eigenvalue weighted by atomic mass is 10.2. The molecule has 3 heteroatoms. The third-order valence-corrected chi connectivity index (χ3v) is 9.16. The SMILES string of the molecule is C=CC(O)CO[Si](c1ccccc1)(c1ccccc1)C(C)(C)C. The van der Waals surface area contributed by atoms with E-state index in [9.17, 15) is 5.11 Å². The lowest BCUT2D eigenvalue weighted by Gasteiger charge is -2.43. The summed E-state index contributed by atoms with van der Waals surface area (Å²) < 4.78 is 6.54. The normalized spacial score (nSPS) is 13.6. The minimum absolute atomic E-state index is 0.0728. The Hall–Kier alpha value is -1.68. The van der Waals surface area contributed by atoms with Gasteiger partial charge in [0.15, 0.2) is 0 Å². The van der Waals surface area contributed by atoms with Crippen LogP contribution in [0.15, 0.2) is 73.3 Å². The summed E-state index contributed by atoms with van der Waals surface area (Å²) in [6.45, 7) is 10.6. The zero-order chi connectivity index (χ0) is 16.9. The van der Waals surface area contributed by atoms with Gasteiger partial charge in [0.05, 0.1) is 12.7 Å². The fourth-order valence-corrected chi connectivity index (χ4v) is 7.62. The minimum atomic E-state index is -2.54. The van der Waals surface area contributed by atoms with Crippen LogP contribution in [0.1, 0.15) is 20.8 Å². The molecule has 2 nitrogen and oxygen atoms in total. The Bertz CT molecular complexity index is 578. The lowest BCUT2D eigenvalue weighted by molar-refractivity contribution is 0.138. The van der Waals surface area contributed by atoms with Crippen molar-refractivity contribution in [1.82, 2.24) is 0 Å². The fraction of sp³-hybridized carbons (Fsp3) is 0.300. The highest BCUT2D eigenvalue weighted by molar-refractivity contribution is 6.99. The van der Waals surface area contributed by atoms with E-state index in [1.54, 1.807) is 0 Å². The Morgan fingerprint density at radius 3 is 1.78 bits per heavy atom. The van der Waals surface area contributed by atoms with Crippen LogP contribution in [0.2, 0.25) is 5.04 Å². The molecule has 0 fully saturated rings. The van der Waals surface area contributed by atoms with E-state index < -0.39 is 14.4 Å². The molecule has 0 amide bonds. The summed E-state index contributed by atoms with van der Waals surface area (Å²) in [4.78, 5) is 0. The highest BCUT2D eigenvalue weighted by Crippen LogP contribution is 2.36. The van der Waals surface area contributed by atoms with Gasteiger partial charge in [0, 0.05) is 0 Å². The predicted molar refractivity (Wildman–Crippen MR) is 99.8 cm³/mol. The molecule has 2 aromatic carbocycles. The van der Waals surface area contributed by atoms with Gasteiger partial charge in [-0.15, -0.1) is 6.58 Å². The van der Waals surface area contributed by atoms with Crippen molar-refractivity contribution in [3.8, 4) is 0 Å². The molecular formula is C20H26O2Si. The van der Waals surface area contributed by atoms with Gasteiger partial charge in [-0.1, -0.05) is 87.5 Å². The van der Waals surface area contributed by atoms with E-state index in [-0.39, 0.29) is 11.6 Å². The molecule has 0 bridgehead atoms. The molecule has 0 heterocycles. The molecule has 0 saturated heterocycles. The molecule has 1 unspecified atom stereocenters. The van der Waals surface area contributed by atoms with Gasteiger partial charge in [0.2, 0.25) is 0 Å². The summed E-state index contributed by atoms with van der Waals surface area (Å²) in [6.07, 6.45) is 0.870. The maximum Gasteiger partial charge on any atom is 0.261 e. The molecule has 0 aliphatic carbocycles. The van der Waals surface area contributed by atoms with Crippen LogP contribution in [-0.2, 0) is 4.43 Å². The van der Waals surface area contributed by atoms with Crippen molar-refractivity contribution >= 4 is 18.7 Å². The van der Waals surface area contributed by atoms with E-state index in [2.05, 4.69) is 75.9 Å². The standard InChI is InChI=1S/C20H26O2Si/c1-5-17(21)16-22-23(20(2,3)4,18-12-8-6-9-13-18)19-14-10-7-11-15-19/h5-15,17,21H,1,16H2,2-4H3. The van der Waals surface area contributed by atoms with Gasteiger partial charge < -0.3 is 9.53 Å². The summed E-state index contributed by atoms with van der Waals surface area (Å²) in [5.41, 5.74) is 0. The van der Waals surface area contributed by atoms with Gasteiger partial charge in [0.25, 0.3) is 8.32 Å². The molecule has 23 heavy (non-hydrogen) atoms. The van der Waals surface area contributed by atoms with Crippen LogP contribution in [0.5, 0.6) is 0 Å². The maximum atomic E-state index is 9.96. The summed E-state index contributed by atoms with van der Waals surface area (Å²) in [6, 6.07) is 20.8. The molecule has 122 valence electrons. The van der Waals surface area contributed by atoms with Crippen LogP contribution in [-0.4, -0.2) is 26.1 Å². The maximum absolute atomic E-state index is 9.96. The first kappa shape index (κ1) is 17.7. The lowest BCUT2D eigenvalue weighted by Crippen LogP contribution is -2.67. The van der Waals surface area contributed by atoms with Crippen LogP contribution in [0.3, 0.4) is 0 Å². The van der Waals surface area contributed by atoms with Crippen LogP contribution in [0, 0.1) is 0 Å². The smallest absolute Gasteiger partial charge is 0.261 e. The molecule has 1 atom stereocenters. The topological polar surface area (TPSA) is 29.5 Å². The molecule has 0 aliphatic rings. The second-order valence-electron chi connectivity index (χ2n) is 6.78. The second kappa shape index (κ2) is 7.26. The summed E-state index contributed by atoms with van der Waals surface area (Å²) >= 11 is 0. The van der Waals surface area contributed by atoms with Crippen molar-refractivity contribution < 1.29 is 9.53 Å². The van der Waals surface area contributed by atoms with Crippen molar-refractivity contribution in [3.05, 3.63) is 73.3 Å². The highest BCUT2D eigenvalue weighted by Gasteiger charge is 2.50. The monoisotopic (exact) mass is 326 g/mol. The van der Waals surface area contributed by atoms with Crippen LogP contribution in [0.25, 0.3) is 0 Å². The second-order valence-corrected chi connectivity index (χ2v) is 11.1. The van der Waals surface area contributed by atoms with Crippen molar-refractivity contribution in [2.45, 2.75) is 31.9 Å². The number of hydrogen-bond donors (Lipinski definition) is 1. The molecule has 0 saturated carbocycles. The van der Waals surface area contributed by atoms with Crippen molar-refractivity contribution in [2.75, 3.05) is 6.61 Å². The van der Waals surface area contributed by atoms with Gasteiger partial charge in [-0.05, 0) is 15.4 Å². The first-order chi connectivity index (χ1) is 10.9. The van der Waals surface area contributed by atoms with Crippen molar-refractivity contribution in [2.24, 2.45) is 0 Å². The van der Waals surface area contributed by atoms with Gasteiger partial charge in [-0.2, -0.15) is 0 Å². The zero-order valence-corrected chi connectivity index (χ0v) is 15.2. The number of aliphatic hydroxyl groups excluding tert-OH is 1. The fourth-order valence-electron chi connectivity index (χ4n) is 3.04. The zero-order valence-electron chi connectivity index (χ0n) is 14.2. The Kier molecular flexibility index (Phi) is 5.58. The number of benzene rings is 2. The quantitative estimate of drug-likeness (QED) is 0.653. The van der Waals surface area contributed by atoms with Gasteiger partial charge in [-0.25, -0.2) is 0 Å². The molecule has 0 aliphatic heterocycles. The van der Waals surface area contributed by atoms with Gasteiger partial charge >= 0.3 is 0 Å². The first-order valence-corrected chi connectivity index (χ1v) is 9.88. The van der Waals surface area contributed by atoms with Gasteiger partial charge in [0.1, 0.15) is 0 Å². The average Bonchev–Trinajstić information content (AvgIpc) is 2.56. The minimum Gasteiger partial charge on any atom is -0.404 e. The van der Waals surface area contributed by atoms with E-state index in [0.717, 1.165) is 0 Å². The molecular weight excluding hydrogens is 300 g/mol. The van der Waals surface area contributed by atoms with E-state index in [1.165, 1.54) is 16.4 Å². The van der Waals surface area contributed by atoms with Crippen molar-refractivity contribution in [1.29, 1.82) is 0 Å². The number of rotatable bonds is 6. The Balaban J connectivity index is 2.62. The summed E-state index contributed by atoms with van der Waals surface area (Å²) in [5.74, 6) is 0. The van der Waals surface area contributed by atoms with E-state index in [0.29, 0.717) is 0 Å². The van der Waals surface area contributed by atoms with E-state index in [1.807, 2.05) is 12.1 Å². The van der Waals surface area contributed by atoms with Crippen LogP contribution < -0.4 is 10.4 Å². The number of hydrogen-bond acceptors (Lipinski definition) is 2. The molecule has 0 aromatic heterocycles. The third-order valence-electron chi connectivity index (χ3n) is 4.16. The largest absolute Gasteiger partial charge is 0.404 e. The Morgan fingerprint density at radius 2 is 1.43 bits per heavy atom. The van der Waals surface area contributed by atoms with Crippen LogP contribution in [0.4, 0.5) is 0 Å². The van der Waals surface area contributed by atoms with Gasteiger partial charge in [-0.3, -0.25) is 0 Å². The van der Waals surface area contributed by atoms with E-state index in [4.69, 9.17) is 4.43 Å². The predicted octanol–water partition coefficient (Wildman–Crippen LogP) is 3.11. The number of aliphatic hydroxyl groups is 1. The third kappa shape index (κ3) is 3.63. The van der Waals surface area contributed by atoms with Crippen molar-refractivity contribution in [3.63, 3.8) is 0 Å². The molecule has 2 rings (SSSR count). The average molecular weight is 327 g/mol. The summed E-state index contributed by atoms with van der Waals surface area (Å²) in [7, 11) is -2.54. The Labute approximate surface area is 140 Å². The Morgan fingerprint density at radius 1 is 1.00 bits per heavy atom. The molecule has 0 radical (unpaired) electrons. The molecule has 0 spiro atoms. The summed E-state index contributed by atoms with van der Waals surface area (Å²) in [5, 5.41) is 12.3. The molecule has 1 N–H and O–H groups in total. The van der Waals surface area contributed by atoms with E-state index >= 15 is 0 Å². The van der Waals surface area contributed by atoms with Crippen LogP contribution >= 0.6 is 0 Å². The highest BCUT2D eigenvalue weighted by atomic mass is 28.4. The first-order valence-electron chi connectivity index (χ1n) is 7.97. The molecule has 2 aromatic rings.